The van der Waals surface area contributed by atoms with Crippen LogP contribution in [-0.2, 0) is 32.7 Å². The Labute approximate surface area is 361 Å². The molecule has 0 heterocycles. The summed E-state index contributed by atoms with van der Waals surface area (Å²) in [5.74, 6) is -0.937. The van der Waals surface area contributed by atoms with Crippen LogP contribution in [0.5, 0.6) is 0 Å². The zero-order chi connectivity index (χ0) is 43.3. The number of aliphatic hydroxyl groups is 2. The molecule has 10 nitrogen and oxygen atoms in total. The quantitative estimate of drug-likeness (QED) is 0.0234. The van der Waals surface area contributed by atoms with Crippen molar-refractivity contribution < 1.29 is 47.8 Å². The van der Waals surface area contributed by atoms with Crippen LogP contribution in [0.15, 0.2) is 36.5 Å². The van der Waals surface area contributed by atoms with Gasteiger partial charge in [-0.1, -0.05) is 179 Å². The molecule has 3 atom stereocenters. The van der Waals surface area contributed by atoms with Crippen molar-refractivity contribution in [3.05, 3.63) is 36.5 Å². The van der Waals surface area contributed by atoms with E-state index in [1.165, 1.54) is 116 Å². The molecular formula is C48H89O10P. The zero-order valence-corrected chi connectivity index (χ0v) is 38.6. The first-order valence-electron chi connectivity index (χ1n) is 23.9. The number of phosphoric acid groups is 1. The third kappa shape index (κ3) is 44.1. The summed E-state index contributed by atoms with van der Waals surface area (Å²) in [7, 11) is -4.62. The van der Waals surface area contributed by atoms with Crippen molar-refractivity contribution in [1.82, 2.24) is 0 Å². The first-order chi connectivity index (χ1) is 28.7. The molecule has 0 spiro atoms. The monoisotopic (exact) mass is 857 g/mol. The second kappa shape index (κ2) is 44.3. The second-order valence-corrected chi connectivity index (χ2v) is 17.6. The van der Waals surface area contributed by atoms with Crippen LogP contribution < -0.4 is 0 Å². The number of carbonyl (C=O) groups excluding carboxylic acids is 2. The highest BCUT2D eigenvalue weighted by Gasteiger charge is 2.27. The summed E-state index contributed by atoms with van der Waals surface area (Å²) in [6.45, 7) is 2.32. The largest absolute Gasteiger partial charge is 0.472 e. The predicted molar refractivity (Wildman–Crippen MR) is 242 cm³/mol. The number of aliphatic hydroxyl groups excluding tert-OH is 2. The van der Waals surface area contributed by atoms with Gasteiger partial charge in [-0.25, -0.2) is 4.57 Å². The van der Waals surface area contributed by atoms with E-state index in [1.54, 1.807) is 0 Å². The summed E-state index contributed by atoms with van der Waals surface area (Å²) in [4.78, 5) is 35.0. The summed E-state index contributed by atoms with van der Waals surface area (Å²) in [5.41, 5.74) is 0. The maximum absolute atomic E-state index is 12.6. The van der Waals surface area contributed by atoms with E-state index in [0.29, 0.717) is 12.8 Å². The highest BCUT2D eigenvalue weighted by Crippen LogP contribution is 2.43. The van der Waals surface area contributed by atoms with Crippen molar-refractivity contribution in [2.24, 2.45) is 0 Å². The number of esters is 2. The normalized spacial score (nSPS) is 14.1. The van der Waals surface area contributed by atoms with Gasteiger partial charge in [0.1, 0.15) is 12.7 Å². The molecule has 0 aliphatic rings. The Balaban J connectivity index is 4.15. The van der Waals surface area contributed by atoms with E-state index < -0.39 is 51.8 Å². The van der Waals surface area contributed by atoms with Crippen molar-refractivity contribution in [3.8, 4) is 0 Å². The molecular weight excluding hydrogens is 767 g/mol. The van der Waals surface area contributed by atoms with E-state index >= 15 is 0 Å². The number of ether oxygens (including phenoxy) is 2. The number of unbranched alkanes of at least 4 members (excludes halogenated alkanes) is 25. The summed E-state index contributed by atoms with van der Waals surface area (Å²) < 4.78 is 32.7. The Morgan fingerprint density at radius 2 is 0.915 bits per heavy atom. The van der Waals surface area contributed by atoms with Gasteiger partial charge in [0.15, 0.2) is 6.10 Å². The topological polar surface area (TPSA) is 149 Å². The minimum absolute atomic E-state index is 0.168. The average Bonchev–Trinajstić information content (AvgIpc) is 3.22. The number of hydrogen-bond acceptors (Lipinski definition) is 9. The highest BCUT2D eigenvalue weighted by atomic mass is 31.2. The molecule has 0 aliphatic carbocycles. The van der Waals surface area contributed by atoms with E-state index in [0.717, 1.165) is 64.2 Å². The summed E-state index contributed by atoms with van der Waals surface area (Å²) in [5, 5.41) is 18.3. The molecule has 0 amide bonds. The minimum atomic E-state index is -4.62. The van der Waals surface area contributed by atoms with Crippen LogP contribution in [0.2, 0.25) is 0 Å². The van der Waals surface area contributed by atoms with Gasteiger partial charge < -0.3 is 24.6 Å². The molecule has 0 fully saturated rings. The minimum Gasteiger partial charge on any atom is -0.462 e. The number of phosphoric ester groups is 1. The number of carbonyl (C=O) groups is 2. The summed E-state index contributed by atoms with van der Waals surface area (Å²) in [6, 6.07) is 0. The Bertz CT molecular complexity index is 1080. The Morgan fingerprint density at radius 3 is 1.39 bits per heavy atom. The molecule has 0 aromatic carbocycles. The smallest absolute Gasteiger partial charge is 0.462 e. The molecule has 11 heteroatoms. The lowest BCUT2D eigenvalue weighted by atomic mass is 10.0. The molecule has 0 aliphatic heterocycles. The van der Waals surface area contributed by atoms with Crippen molar-refractivity contribution >= 4 is 19.8 Å². The lowest BCUT2D eigenvalue weighted by molar-refractivity contribution is -0.161. The standard InChI is InChI=1S/C48H89O10P/c1-3-5-7-9-11-13-15-17-18-19-20-21-22-23-24-25-26-28-29-31-33-35-37-39-47(51)55-43-46(44-57-59(53,54)56-42-45(50)41-49)58-48(52)40-38-36-34-32-30-27-16-14-12-10-8-6-4-2/h8,10,14,16,19-20,45-46,49-50H,3-7,9,11-13,15,17-18,21-44H2,1-2H3,(H,53,54)/b10-8-,16-14-,20-19-. The Kier molecular flexibility index (Phi) is 42.9. The first kappa shape index (κ1) is 57.2. The SMILES string of the molecule is CCC/C=C\C/C=C\CCCCCCCC(=O)OC(COC(=O)CCCCCCCCCCCCC/C=C\CCCCCCCCCC)COP(=O)(O)OCC(O)CO. The van der Waals surface area contributed by atoms with Gasteiger partial charge in [-0.2, -0.15) is 0 Å². The molecule has 0 aromatic heterocycles. The van der Waals surface area contributed by atoms with Crippen LogP contribution in [0.3, 0.4) is 0 Å². The van der Waals surface area contributed by atoms with Gasteiger partial charge in [-0.05, 0) is 64.2 Å². The van der Waals surface area contributed by atoms with E-state index in [4.69, 9.17) is 23.6 Å². The van der Waals surface area contributed by atoms with Gasteiger partial charge in [0.25, 0.3) is 0 Å². The molecule has 0 bridgehead atoms. The fourth-order valence-electron chi connectivity index (χ4n) is 6.56. The molecule has 0 aromatic rings. The third-order valence-corrected chi connectivity index (χ3v) is 11.2. The maximum atomic E-state index is 12.6. The third-order valence-electron chi connectivity index (χ3n) is 10.2. The fraction of sp³-hybridized carbons (Fsp3) is 0.833. The van der Waals surface area contributed by atoms with Gasteiger partial charge >= 0.3 is 19.8 Å². The molecule has 0 rings (SSSR count). The van der Waals surface area contributed by atoms with E-state index in [1.807, 2.05) is 0 Å². The van der Waals surface area contributed by atoms with Crippen molar-refractivity contribution in [3.63, 3.8) is 0 Å². The second-order valence-electron chi connectivity index (χ2n) is 16.1. The van der Waals surface area contributed by atoms with E-state index in [9.17, 15) is 24.2 Å². The van der Waals surface area contributed by atoms with Crippen LogP contribution in [0.25, 0.3) is 0 Å². The molecule has 0 radical (unpaired) electrons. The molecule has 0 saturated heterocycles. The fourth-order valence-corrected chi connectivity index (χ4v) is 7.35. The van der Waals surface area contributed by atoms with Crippen molar-refractivity contribution in [2.75, 3.05) is 26.4 Å². The highest BCUT2D eigenvalue weighted by molar-refractivity contribution is 7.47. The van der Waals surface area contributed by atoms with Gasteiger partial charge in [-0.15, -0.1) is 0 Å². The lowest BCUT2D eigenvalue weighted by Gasteiger charge is -2.20. The number of hydrogen-bond donors (Lipinski definition) is 3. The maximum Gasteiger partial charge on any atom is 0.472 e. The summed E-state index contributed by atoms with van der Waals surface area (Å²) >= 11 is 0. The van der Waals surface area contributed by atoms with Gasteiger partial charge in [-0.3, -0.25) is 18.6 Å². The molecule has 3 unspecified atom stereocenters. The van der Waals surface area contributed by atoms with Gasteiger partial charge in [0.05, 0.1) is 19.8 Å². The van der Waals surface area contributed by atoms with Crippen LogP contribution >= 0.6 is 7.82 Å². The van der Waals surface area contributed by atoms with Gasteiger partial charge in [0.2, 0.25) is 0 Å². The molecule has 59 heavy (non-hydrogen) atoms. The van der Waals surface area contributed by atoms with Crippen LogP contribution in [-0.4, -0.2) is 65.7 Å². The average molecular weight is 857 g/mol. The zero-order valence-electron chi connectivity index (χ0n) is 37.7. The van der Waals surface area contributed by atoms with E-state index in [2.05, 4.69) is 50.3 Å². The van der Waals surface area contributed by atoms with Crippen LogP contribution in [0.1, 0.15) is 219 Å². The van der Waals surface area contributed by atoms with Crippen molar-refractivity contribution in [1.29, 1.82) is 0 Å². The van der Waals surface area contributed by atoms with Crippen LogP contribution in [0, 0.1) is 0 Å². The Morgan fingerprint density at radius 1 is 0.508 bits per heavy atom. The molecule has 346 valence electrons. The van der Waals surface area contributed by atoms with Crippen molar-refractivity contribution in [2.45, 2.75) is 232 Å². The lowest BCUT2D eigenvalue weighted by Crippen LogP contribution is -2.29. The number of rotatable bonds is 45. The van der Waals surface area contributed by atoms with Gasteiger partial charge in [0, 0.05) is 12.8 Å². The molecule has 3 N–H and O–H groups in total. The number of allylic oxidation sites excluding steroid dienone is 6. The summed E-state index contributed by atoms with van der Waals surface area (Å²) in [6.07, 6.45) is 46.9. The van der Waals surface area contributed by atoms with Crippen LogP contribution in [0.4, 0.5) is 0 Å². The first-order valence-corrected chi connectivity index (χ1v) is 25.4. The molecule has 0 saturated carbocycles. The Hall–Kier alpha value is -1.81. The van der Waals surface area contributed by atoms with E-state index in [-0.39, 0.29) is 19.4 Å². The predicted octanol–water partition coefficient (Wildman–Crippen LogP) is 13.1.